The van der Waals surface area contributed by atoms with Crippen LogP contribution in [0.25, 0.3) is 0 Å². The summed E-state index contributed by atoms with van der Waals surface area (Å²) in [6, 6.07) is 11.1. The summed E-state index contributed by atoms with van der Waals surface area (Å²) >= 11 is 0. The lowest BCUT2D eigenvalue weighted by molar-refractivity contribution is -0.143. The standard InChI is InChI=1S/C28H36N2O6/c1-17-15-22(36-21-8-5-19(6-9-21)28(33)34)10-11-23(17)27(32)30-14-13-29-26(31)20-7-12-25(35-2)24(16-20)18-3-4-18/h7,10-12,15-16,18-19,21,26,29,31H,3-6,8-9,13-14H2,1-2H3,(H,30,32)(H,33,34). The van der Waals surface area contributed by atoms with Crippen molar-refractivity contribution < 1.29 is 29.3 Å². The van der Waals surface area contributed by atoms with E-state index in [4.69, 9.17) is 14.6 Å². The molecule has 36 heavy (non-hydrogen) atoms. The first kappa shape index (κ1) is 26.0. The highest BCUT2D eigenvalue weighted by Crippen LogP contribution is 2.44. The Morgan fingerprint density at radius 3 is 2.42 bits per heavy atom. The molecule has 194 valence electrons. The number of carboxylic acid groups (broad SMARTS) is 1. The lowest BCUT2D eigenvalue weighted by atomic mass is 9.87. The molecule has 1 atom stereocenters. The number of aliphatic hydroxyl groups is 1. The predicted octanol–water partition coefficient (Wildman–Crippen LogP) is 3.91. The maximum atomic E-state index is 12.7. The molecule has 8 heteroatoms. The van der Waals surface area contributed by atoms with Crippen molar-refractivity contribution >= 4 is 11.9 Å². The zero-order chi connectivity index (χ0) is 25.7. The lowest BCUT2D eigenvalue weighted by Crippen LogP contribution is -2.34. The highest BCUT2D eigenvalue weighted by atomic mass is 16.5. The van der Waals surface area contributed by atoms with Crippen LogP contribution in [0.1, 0.15) is 77.7 Å². The highest BCUT2D eigenvalue weighted by Gasteiger charge is 2.28. The van der Waals surface area contributed by atoms with Gasteiger partial charge in [-0.2, -0.15) is 0 Å². The van der Waals surface area contributed by atoms with Gasteiger partial charge in [-0.3, -0.25) is 14.9 Å². The number of amides is 1. The SMILES string of the molecule is COc1ccc(C(O)NCCNC(=O)c2ccc(OC3CCC(C(=O)O)CC3)cc2C)cc1C1CC1. The summed E-state index contributed by atoms with van der Waals surface area (Å²) < 4.78 is 11.5. The summed E-state index contributed by atoms with van der Waals surface area (Å²) in [5.41, 5.74) is 3.30. The lowest BCUT2D eigenvalue weighted by Gasteiger charge is -2.27. The van der Waals surface area contributed by atoms with Crippen LogP contribution in [0.15, 0.2) is 36.4 Å². The number of rotatable bonds is 11. The van der Waals surface area contributed by atoms with Crippen molar-refractivity contribution in [3.8, 4) is 11.5 Å². The summed E-state index contributed by atoms with van der Waals surface area (Å²) in [6.45, 7) is 2.65. The number of carbonyl (C=O) groups excluding carboxylic acids is 1. The minimum absolute atomic E-state index is 0.00299. The van der Waals surface area contributed by atoms with E-state index in [1.165, 1.54) is 0 Å². The number of nitrogens with one attached hydrogen (secondary N) is 2. The van der Waals surface area contributed by atoms with Crippen LogP contribution in [0.2, 0.25) is 0 Å². The molecular weight excluding hydrogens is 460 g/mol. The van der Waals surface area contributed by atoms with Gasteiger partial charge in [0.05, 0.1) is 19.1 Å². The van der Waals surface area contributed by atoms with Gasteiger partial charge in [0.25, 0.3) is 5.91 Å². The van der Waals surface area contributed by atoms with E-state index in [0.29, 0.717) is 43.2 Å². The van der Waals surface area contributed by atoms with E-state index >= 15 is 0 Å². The van der Waals surface area contributed by atoms with Crippen LogP contribution < -0.4 is 20.1 Å². The quantitative estimate of drug-likeness (QED) is 0.275. The number of aliphatic carboxylic acids is 1. The maximum Gasteiger partial charge on any atom is 0.306 e. The largest absolute Gasteiger partial charge is 0.496 e. The second-order valence-electron chi connectivity index (χ2n) is 9.79. The minimum atomic E-state index is -0.825. The molecular formula is C28H36N2O6. The van der Waals surface area contributed by atoms with Crippen LogP contribution in [0, 0.1) is 12.8 Å². The first-order chi connectivity index (χ1) is 17.4. The molecule has 4 N–H and O–H groups in total. The molecule has 0 bridgehead atoms. The summed E-state index contributed by atoms with van der Waals surface area (Å²) in [4.78, 5) is 23.8. The fraction of sp³-hybridized carbons (Fsp3) is 0.500. The number of ether oxygens (including phenoxy) is 2. The topological polar surface area (TPSA) is 117 Å². The maximum absolute atomic E-state index is 12.7. The molecule has 2 saturated carbocycles. The Kier molecular flexibility index (Phi) is 8.48. The van der Waals surface area contributed by atoms with E-state index in [2.05, 4.69) is 10.6 Å². The van der Waals surface area contributed by atoms with Gasteiger partial charge in [0.2, 0.25) is 0 Å². The molecule has 2 fully saturated rings. The van der Waals surface area contributed by atoms with Crippen LogP contribution in [-0.2, 0) is 4.79 Å². The molecule has 0 spiro atoms. The molecule has 2 aliphatic rings. The number of carbonyl (C=O) groups is 2. The van der Waals surface area contributed by atoms with Gasteiger partial charge in [-0.1, -0.05) is 6.07 Å². The zero-order valence-corrected chi connectivity index (χ0v) is 21.0. The number of carboxylic acids is 1. The van der Waals surface area contributed by atoms with Crippen molar-refractivity contribution in [2.24, 2.45) is 5.92 Å². The normalized spacial score (nSPS) is 20.4. The average molecular weight is 497 g/mol. The van der Waals surface area contributed by atoms with Gasteiger partial charge in [-0.25, -0.2) is 0 Å². The van der Waals surface area contributed by atoms with Crippen molar-refractivity contribution in [3.63, 3.8) is 0 Å². The molecule has 0 aliphatic heterocycles. The Hall–Kier alpha value is -3.10. The molecule has 0 radical (unpaired) electrons. The van der Waals surface area contributed by atoms with Gasteiger partial charge in [0, 0.05) is 18.7 Å². The number of benzene rings is 2. The van der Waals surface area contributed by atoms with Crippen molar-refractivity contribution in [3.05, 3.63) is 58.7 Å². The van der Waals surface area contributed by atoms with Crippen LogP contribution in [0.3, 0.4) is 0 Å². The van der Waals surface area contributed by atoms with E-state index in [1.807, 2.05) is 31.2 Å². The Morgan fingerprint density at radius 2 is 1.78 bits per heavy atom. The summed E-state index contributed by atoms with van der Waals surface area (Å²) in [5, 5.41) is 25.6. The molecule has 8 nitrogen and oxygen atoms in total. The van der Waals surface area contributed by atoms with Crippen molar-refractivity contribution in [2.45, 2.75) is 63.7 Å². The number of aryl methyl sites for hydroxylation is 1. The Bertz CT molecular complexity index is 1080. The van der Waals surface area contributed by atoms with E-state index in [-0.39, 0.29) is 17.9 Å². The third-order valence-electron chi connectivity index (χ3n) is 7.10. The molecule has 2 aromatic rings. The third kappa shape index (κ3) is 6.56. The van der Waals surface area contributed by atoms with E-state index in [9.17, 15) is 14.7 Å². The number of hydrogen-bond acceptors (Lipinski definition) is 6. The fourth-order valence-electron chi connectivity index (χ4n) is 4.82. The van der Waals surface area contributed by atoms with Gasteiger partial charge < -0.3 is 25.0 Å². The molecule has 1 unspecified atom stereocenters. The molecule has 0 aromatic heterocycles. The van der Waals surface area contributed by atoms with Gasteiger partial charge in [0.15, 0.2) is 0 Å². The fourth-order valence-corrected chi connectivity index (χ4v) is 4.82. The van der Waals surface area contributed by atoms with Crippen LogP contribution >= 0.6 is 0 Å². The summed E-state index contributed by atoms with van der Waals surface area (Å²) in [6.07, 6.45) is 4.17. The molecule has 2 aromatic carbocycles. The third-order valence-corrected chi connectivity index (χ3v) is 7.10. The van der Waals surface area contributed by atoms with Gasteiger partial charge in [-0.05, 0) is 98.4 Å². The first-order valence-corrected chi connectivity index (χ1v) is 12.7. The zero-order valence-electron chi connectivity index (χ0n) is 21.0. The van der Waals surface area contributed by atoms with Gasteiger partial charge in [-0.15, -0.1) is 0 Å². The Labute approximate surface area is 212 Å². The van der Waals surface area contributed by atoms with Crippen LogP contribution in [0.4, 0.5) is 0 Å². The Balaban J connectivity index is 1.22. The molecule has 2 aliphatic carbocycles. The monoisotopic (exact) mass is 496 g/mol. The smallest absolute Gasteiger partial charge is 0.306 e. The molecule has 0 heterocycles. The minimum Gasteiger partial charge on any atom is -0.496 e. The second kappa shape index (κ2) is 11.8. The number of aliphatic hydroxyl groups excluding tert-OH is 1. The van der Waals surface area contributed by atoms with Crippen LogP contribution in [0.5, 0.6) is 11.5 Å². The van der Waals surface area contributed by atoms with E-state index < -0.39 is 12.2 Å². The second-order valence-corrected chi connectivity index (χ2v) is 9.79. The molecule has 1 amide bonds. The van der Waals surface area contributed by atoms with Gasteiger partial charge >= 0.3 is 5.97 Å². The number of hydrogen-bond donors (Lipinski definition) is 4. The summed E-state index contributed by atoms with van der Waals surface area (Å²) in [5.74, 6) is 0.879. The summed E-state index contributed by atoms with van der Waals surface area (Å²) in [7, 11) is 1.66. The van der Waals surface area contributed by atoms with Crippen molar-refractivity contribution in [1.82, 2.24) is 10.6 Å². The molecule has 4 rings (SSSR count). The Morgan fingerprint density at radius 1 is 1.03 bits per heavy atom. The first-order valence-electron chi connectivity index (χ1n) is 12.7. The highest BCUT2D eigenvalue weighted by molar-refractivity contribution is 5.95. The van der Waals surface area contributed by atoms with E-state index in [1.54, 1.807) is 19.2 Å². The number of methoxy groups -OCH3 is 1. The predicted molar refractivity (Wildman–Crippen MR) is 135 cm³/mol. The van der Waals surface area contributed by atoms with Crippen molar-refractivity contribution in [1.29, 1.82) is 0 Å². The van der Waals surface area contributed by atoms with Crippen molar-refractivity contribution in [2.75, 3.05) is 20.2 Å². The van der Waals surface area contributed by atoms with E-state index in [0.717, 1.165) is 48.1 Å². The van der Waals surface area contributed by atoms with Gasteiger partial charge in [0.1, 0.15) is 17.7 Å². The molecule has 0 saturated heterocycles. The van der Waals surface area contributed by atoms with Crippen LogP contribution in [-0.4, -0.2) is 48.4 Å². The average Bonchev–Trinajstić information content (AvgIpc) is 3.72.